The molecule has 0 spiro atoms. The zero-order chi connectivity index (χ0) is 23.5. The predicted molar refractivity (Wildman–Crippen MR) is 125 cm³/mol. The zero-order valence-electron chi connectivity index (χ0n) is 16.8. The first-order valence-electron chi connectivity index (χ1n) is 9.59. The predicted octanol–water partition coefficient (Wildman–Crippen LogP) is 4.28. The highest BCUT2D eigenvalue weighted by Gasteiger charge is 2.24. The van der Waals surface area contributed by atoms with Gasteiger partial charge < -0.3 is 21.0 Å². The van der Waals surface area contributed by atoms with Gasteiger partial charge in [0.15, 0.2) is 0 Å². The number of hydrazine groups is 1. The monoisotopic (exact) mass is 484 g/mol. The molecular formula is C22H16Cl2N5O4-. The molecule has 168 valence electrons. The summed E-state index contributed by atoms with van der Waals surface area (Å²) in [4.78, 5) is 14.4. The van der Waals surface area contributed by atoms with Crippen LogP contribution in [0.1, 0.15) is 11.7 Å². The van der Waals surface area contributed by atoms with Crippen molar-refractivity contribution in [2.75, 3.05) is 10.7 Å². The number of rotatable bonds is 6. The molecule has 33 heavy (non-hydrogen) atoms. The Balaban J connectivity index is 1.77. The van der Waals surface area contributed by atoms with E-state index in [0.29, 0.717) is 22.0 Å². The molecule has 1 atom stereocenters. The van der Waals surface area contributed by atoms with E-state index in [1.807, 2.05) is 18.2 Å². The second-order valence-corrected chi connectivity index (χ2v) is 7.82. The first-order valence-corrected chi connectivity index (χ1v) is 10.3. The first kappa shape index (κ1) is 22.4. The second-order valence-electron chi connectivity index (χ2n) is 6.97. The summed E-state index contributed by atoms with van der Waals surface area (Å²) in [6.45, 7) is 0. The number of nitro benzene ring substituents is 1. The normalized spacial score (nSPS) is 14.9. The van der Waals surface area contributed by atoms with Crippen LogP contribution in [0.3, 0.4) is 0 Å². The third-order valence-electron chi connectivity index (χ3n) is 4.80. The first-order chi connectivity index (χ1) is 15.8. The van der Waals surface area contributed by atoms with Crippen LogP contribution in [0.4, 0.5) is 22.7 Å². The van der Waals surface area contributed by atoms with Gasteiger partial charge in [-0.2, -0.15) is 0 Å². The number of nitrogens with one attached hydrogen (secondary N) is 3. The third-order valence-corrected chi connectivity index (χ3v) is 5.37. The number of para-hydroxylation sites is 1. The van der Waals surface area contributed by atoms with Crippen LogP contribution < -0.4 is 21.3 Å². The second kappa shape index (κ2) is 9.37. The molecule has 3 aromatic carbocycles. The van der Waals surface area contributed by atoms with E-state index < -0.39 is 16.9 Å². The van der Waals surface area contributed by atoms with E-state index in [4.69, 9.17) is 23.2 Å². The van der Waals surface area contributed by atoms with Crippen LogP contribution in [-0.2, 0) is 0 Å². The summed E-state index contributed by atoms with van der Waals surface area (Å²) < 4.78 is 0. The van der Waals surface area contributed by atoms with Crippen molar-refractivity contribution in [1.29, 1.82) is 0 Å². The lowest BCUT2D eigenvalue weighted by Gasteiger charge is -2.29. The van der Waals surface area contributed by atoms with Crippen molar-refractivity contribution < 1.29 is 15.1 Å². The number of nitrogens with zero attached hydrogens (tertiary/aromatic N) is 2. The Kier molecular flexibility index (Phi) is 6.36. The van der Waals surface area contributed by atoms with Crippen LogP contribution in [0.5, 0.6) is 0 Å². The molecule has 0 amide bonds. The Morgan fingerprint density at radius 1 is 1.09 bits per heavy atom. The van der Waals surface area contributed by atoms with Crippen molar-refractivity contribution in [1.82, 2.24) is 5.43 Å². The van der Waals surface area contributed by atoms with E-state index >= 15 is 0 Å². The Bertz CT molecular complexity index is 1280. The van der Waals surface area contributed by atoms with Gasteiger partial charge in [-0.3, -0.25) is 20.5 Å². The summed E-state index contributed by atoms with van der Waals surface area (Å²) in [7, 11) is 0. The maximum absolute atomic E-state index is 12.9. The van der Waals surface area contributed by atoms with Crippen molar-refractivity contribution in [3.8, 4) is 0 Å². The zero-order valence-corrected chi connectivity index (χ0v) is 18.3. The Hall–Kier alpha value is -3.79. The number of aliphatic hydroxyl groups excluding tert-OH is 1. The highest BCUT2D eigenvalue weighted by Crippen LogP contribution is 2.36. The molecule has 0 bridgehead atoms. The molecule has 0 saturated heterocycles. The van der Waals surface area contributed by atoms with Gasteiger partial charge in [0, 0.05) is 33.6 Å². The van der Waals surface area contributed by atoms with E-state index in [1.54, 1.807) is 24.3 Å². The average molecular weight is 485 g/mol. The molecule has 1 unspecified atom stereocenters. The molecule has 1 heterocycles. The molecule has 1 aliphatic heterocycles. The minimum atomic E-state index is -1.37. The lowest BCUT2D eigenvalue weighted by atomic mass is 10.0. The Morgan fingerprint density at radius 2 is 1.85 bits per heavy atom. The molecule has 0 aliphatic carbocycles. The van der Waals surface area contributed by atoms with Gasteiger partial charge in [-0.15, -0.1) is 0 Å². The number of hydrogen-bond acceptors (Lipinski definition) is 8. The number of benzene rings is 3. The quantitative estimate of drug-likeness (QED) is 0.302. The Morgan fingerprint density at radius 3 is 2.55 bits per heavy atom. The van der Waals surface area contributed by atoms with Gasteiger partial charge in [0.25, 0.3) is 5.69 Å². The highest BCUT2D eigenvalue weighted by molar-refractivity contribution is 6.35. The molecule has 1 aliphatic rings. The van der Waals surface area contributed by atoms with Crippen LogP contribution in [-0.4, -0.2) is 15.9 Å². The molecule has 4 rings (SSSR count). The number of aliphatic hydroxyl groups is 1. The number of anilines is 2. The van der Waals surface area contributed by atoms with Crippen molar-refractivity contribution >= 4 is 51.8 Å². The van der Waals surface area contributed by atoms with Gasteiger partial charge in [-0.25, -0.2) is 0 Å². The number of hydrogen-bond donors (Lipinski definition) is 4. The maximum Gasteiger partial charge on any atom is 0.271 e. The number of non-ortho nitro benzene ring substituents is 1. The summed E-state index contributed by atoms with van der Waals surface area (Å²) in [6, 6.07) is 17.5. The van der Waals surface area contributed by atoms with E-state index in [2.05, 4.69) is 21.2 Å². The summed E-state index contributed by atoms with van der Waals surface area (Å²) in [5.41, 5.74) is 7.04. The number of nitro groups is 1. The molecule has 0 radical (unpaired) electrons. The summed E-state index contributed by atoms with van der Waals surface area (Å²) in [5, 5.41) is 38.6. The standard InChI is InChI=1S/C22H17Cl2N5O4/c23-12-6-8-15(16(24)10-12)21(30)19(28-27-13-4-2-1-3-5-13)20-22(31)26-18-11-14(29(32)33)7-9-17(18)25-20/h1-11,21,25,27-28,30H,(H,26,31)/p-1. The lowest BCUT2D eigenvalue weighted by Crippen LogP contribution is -2.35. The van der Waals surface area contributed by atoms with Crippen molar-refractivity contribution in [3.05, 3.63) is 104 Å². The van der Waals surface area contributed by atoms with E-state index in [-0.39, 0.29) is 27.8 Å². The minimum absolute atomic E-state index is 0.0424. The molecule has 3 aromatic rings. The fourth-order valence-corrected chi connectivity index (χ4v) is 3.69. The summed E-state index contributed by atoms with van der Waals surface area (Å²) in [5.74, 6) is -0.732. The van der Waals surface area contributed by atoms with Gasteiger partial charge in [0.05, 0.1) is 33.4 Å². The van der Waals surface area contributed by atoms with Crippen LogP contribution in [0.15, 0.2) is 83.1 Å². The molecule has 0 aromatic heterocycles. The number of aliphatic imine (C=N–C) groups is 1. The van der Waals surface area contributed by atoms with Crippen molar-refractivity contribution in [3.63, 3.8) is 0 Å². The van der Waals surface area contributed by atoms with Gasteiger partial charge >= 0.3 is 0 Å². The van der Waals surface area contributed by atoms with Gasteiger partial charge in [-0.1, -0.05) is 47.5 Å². The Labute approximate surface area is 198 Å². The minimum Gasteiger partial charge on any atom is -0.857 e. The van der Waals surface area contributed by atoms with Crippen LogP contribution >= 0.6 is 23.2 Å². The van der Waals surface area contributed by atoms with Crippen LogP contribution in [0, 0.1) is 10.1 Å². The van der Waals surface area contributed by atoms with Crippen LogP contribution in [0.2, 0.25) is 10.0 Å². The van der Waals surface area contributed by atoms with E-state index in [0.717, 1.165) is 0 Å². The smallest absolute Gasteiger partial charge is 0.271 e. The largest absolute Gasteiger partial charge is 0.857 e. The fourth-order valence-electron chi connectivity index (χ4n) is 3.18. The van der Waals surface area contributed by atoms with E-state index in [9.17, 15) is 20.3 Å². The fraction of sp³-hybridized carbons (Fsp3) is 0.0455. The van der Waals surface area contributed by atoms with Crippen molar-refractivity contribution in [2.45, 2.75) is 6.10 Å². The van der Waals surface area contributed by atoms with Gasteiger partial charge in [0.2, 0.25) is 0 Å². The molecule has 4 N–H and O–H groups in total. The molecule has 0 fully saturated rings. The summed E-state index contributed by atoms with van der Waals surface area (Å²) in [6.07, 6.45) is -1.37. The molecular weight excluding hydrogens is 469 g/mol. The third kappa shape index (κ3) is 4.85. The summed E-state index contributed by atoms with van der Waals surface area (Å²) >= 11 is 12.3. The van der Waals surface area contributed by atoms with Gasteiger partial charge in [0.1, 0.15) is 6.10 Å². The number of halogens is 2. The van der Waals surface area contributed by atoms with Crippen LogP contribution in [0.25, 0.3) is 0 Å². The number of fused-ring (bicyclic) bond motifs is 1. The SMILES string of the molecule is O=[N+]([O-])c1ccc2c(c1)N=C([O-])C(=C(NNc1ccccc1)C(O)c1ccc(Cl)cc1Cl)N2. The molecule has 11 heteroatoms. The van der Waals surface area contributed by atoms with Crippen molar-refractivity contribution in [2.24, 2.45) is 4.99 Å². The lowest BCUT2D eigenvalue weighted by molar-refractivity contribution is -0.384. The average Bonchev–Trinajstić information content (AvgIpc) is 2.79. The van der Waals surface area contributed by atoms with Gasteiger partial charge in [-0.05, 0) is 30.3 Å². The molecule has 0 saturated carbocycles. The maximum atomic E-state index is 12.9. The van der Waals surface area contributed by atoms with E-state index in [1.165, 1.54) is 24.3 Å². The molecule has 9 nitrogen and oxygen atoms in total. The topological polar surface area (TPSA) is 135 Å². The highest BCUT2D eigenvalue weighted by atomic mass is 35.5.